The largest absolute Gasteiger partial charge is 0.329 e. The number of sulfonamides is 1. The highest BCUT2D eigenvalue weighted by molar-refractivity contribution is 9.10. The van der Waals surface area contributed by atoms with Gasteiger partial charge in [0, 0.05) is 19.1 Å². The molecule has 100 valence electrons. The molecule has 4 nitrogen and oxygen atoms in total. The monoisotopic (exact) mass is 336 g/mol. The predicted octanol–water partition coefficient (Wildman–Crippen LogP) is 1.70. The molecule has 1 aromatic rings. The van der Waals surface area contributed by atoms with E-state index in [1.165, 1.54) is 16.4 Å². The van der Waals surface area contributed by atoms with Crippen LogP contribution in [0.15, 0.2) is 27.6 Å². The second-order valence-corrected chi connectivity index (χ2v) is 6.97. The first-order chi connectivity index (χ1) is 8.46. The topological polar surface area (TPSA) is 63.4 Å². The lowest BCUT2D eigenvalue weighted by molar-refractivity contribution is 0.393. The molecule has 0 aromatic heterocycles. The summed E-state index contributed by atoms with van der Waals surface area (Å²) in [4.78, 5) is 0.0936. The molecular weight excluding hydrogens is 323 g/mol. The maximum Gasteiger partial charge on any atom is 0.243 e. The third-order valence-corrected chi connectivity index (χ3v) is 5.65. The lowest BCUT2D eigenvalue weighted by Gasteiger charge is -2.22. The van der Waals surface area contributed by atoms with Gasteiger partial charge in [0.2, 0.25) is 10.0 Å². The van der Waals surface area contributed by atoms with Gasteiger partial charge in [0.15, 0.2) is 0 Å². The van der Waals surface area contributed by atoms with E-state index in [2.05, 4.69) is 15.9 Å². The Labute approximate surface area is 114 Å². The van der Waals surface area contributed by atoms with E-state index in [-0.39, 0.29) is 15.4 Å². The van der Waals surface area contributed by atoms with Crippen molar-refractivity contribution in [2.24, 2.45) is 5.73 Å². The molecule has 1 fully saturated rings. The highest BCUT2D eigenvalue weighted by atomic mass is 79.9. The average molecular weight is 337 g/mol. The van der Waals surface area contributed by atoms with Gasteiger partial charge in [-0.25, -0.2) is 12.8 Å². The van der Waals surface area contributed by atoms with Gasteiger partial charge in [0.25, 0.3) is 0 Å². The predicted molar refractivity (Wildman–Crippen MR) is 70.1 cm³/mol. The minimum atomic E-state index is -3.58. The van der Waals surface area contributed by atoms with Crippen molar-refractivity contribution in [1.29, 1.82) is 0 Å². The second kappa shape index (κ2) is 5.24. The summed E-state index contributed by atoms with van der Waals surface area (Å²) in [5.41, 5.74) is 5.58. The molecule has 7 heteroatoms. The Hall–Kier alpha value is -0.500. The van der Waals surface area contributed by atoms with Gasteiger partial charge < -0.3 is 5.73 Å². The summed E-state index contributed by atoms with van der Waals surface area (Å²) in [6.07, 6.45) is 1.58. The Kier molecular flexibility index (Phi) is 4.05. The minimum Gasteiger partial charge on any atom is -0.329 e. The van der Waals surface area contributed by atoms with Gasteiger partial charge in [0.1, 0.15) is 5.82 Å². The van der Waals surface area contributed by atoms with Gasteiger partial charge in [-0.1, -0.05) is 0 Å². The van der Waals surface area contributed by atoms with E-state index in [0.29, 0.717) is 13.1 Å². The summed E-state index contributed by atoms with van der Waals surface area (Å²) in [7, 11) is -3.58. The molecule has 1 heterocycles. The van der Waals surface area contributed by atoms with Crippen molar-refractivity contribution in [3.63, 3.8) is 0 Å². The first-order valence-corrected chi connectivity index (χ1v) is 7.87. The maximum atomic E-state index is 13.1. The van der Waals surface area contributed by atoms with Crippen LogP contribution in [-0.4, -0.2) is 31.9 Å². The van der Waals surface area contributed by atoms with Crippen LogP contribution in [0.3, 0.4) is 0 Å². The number of rotatable bonds is 3. The van der Waals surface area contributed by atoms with E-state index >= 15 is 0 Å². The van der Waals surface area contributed by atoms with Crippen LogP contribution >= 0.6 is 15.9 Å². The van der Waals surface area contributed by atoms with Crippen LogP contribution in [0.4, 0.5) is 4.39 Å². The van der Waals surface area contributed by atoms with Crippen molar-refractivity contribution in [1.82, 2.24) is 4.31 Å². The fraction of sp³-hybridized carbons (Fsp3) is 0.455. The highest BCUT2D eigenvalue weighted by Gasteiger charge is 2.34. The molecule has 0 amide bonds. The summed E-state index contributed by atoms with van der Waals surface area (Å²) in [6.45, 7) is 0.779. The number of benzene rings is 1. The van der Waals surface area contributed by atoms with Gasteiger partial charge in [-0.15, -0.1) is 0 Å². The van der Waals surface area contributed by atoms with Crippen LogP contribution < -0.4 is 5.73 Å². The molecule has 0 bridgehead atoms. The fourth-order valence-electron chi connectivity index (χ4n) is 2.13. The summed E-state index contributed by atoms with van der Waals surface area (Å²) in [5, 5.41) is 0. The molecule has 0 saturated carbocycles. The van der Waals surface area contributed by atoms with Gasteiger partial charge >= 0.3 is 0 Å². The normalized spacial score (nSPS) is 21.4. The van der Waals surface area contributed by atoms with Crippen molar-refractivity contribution < 1.29 is 12.8 Å². The summed E-state index contributed by atoms with van der Waals surface area (Å²) < 4.78 is 39.5. The van der Waals surface area contributed by atoms with Gasteiger partial charge in [-0.05, 0) is 47.0 Å². The zero-order valence-electron chi connectivity index (χ0n) is 9.64. The van der Waals surface area contributed by atoms with E-state index in [0.717, 1.165) is 18.9 Å². The van der Waals surface area contributed by atoms with Crippen LogP contribution in [0.25, 0.3) is 0 Å². The van der Waals surface area contributed by atoms with E-state index < -0.39 is 15.8 Å². The summed E-state index contributed by atoms with van der Waals surface area (Å²) >= 11 is 3.00. The van der Waals surface area contributed by atoms with Crippen molar-refractivity contribution >= 4 is 26.0 Å². The number of hydrogen-bond acceptors (Lipinski definition) is 3. The zero-order valence-corrected chi connectivity index (χ0v) is 12.0. The van der Waals surface area contributed by atoms with Crippen molar-refractivity contribution in [3.8, 4) is 0 Å². The molecule has 1 saturated heterocycles. The first kappa shape index (κ1) is 13.9. The molecule has 2 rings (SSSR count). The minimum absolute atomic E-state index is 0.0936. The highest BCUT2D eigenvalue weighted by Crippen LogP contribution is 2.27. The average Bonchev–Trinajstić information content (AvgIpc) is 2.81. The molecular formula is C11H14BrFN2O2S. The van der Waals surface area contributed by atoms with Crippen molar-refractivity contribution in [2.45, 2.75) is 23.8 Å². The van der Waals surface area contributed by atoms with Gasteiger partial charge in [-0.2, -0.15) is 4.31 Å². The molecule has 0 aliphatic carbocycles. The number of nitrogens with two attached hydrogens (primary N) is 1. The van der Waals surface area contributed by atoms with E-state index in [1.54, 1.807) is 0 Å². The second-order valence-electron chi connectivity index (χ2n) is 4.22. The Bertz CT molecular complexity index is 550. The maximum absolute atomic E-state index is 13.1. The van der Waals surface area contributed by atoms with E-state index in [4.69, 9.17) is 5.73 Å². The summed E-state index contributed by atoms with van der Waals surface area (Å²) in [5.74, 6) is -0.481. The Morgan fingerprint density at radius 2 is 2.22 bits per heavy atom. The molecule has 18 heavy (non-hydrogen) atoms. The molecule has 0 radical (unpaired) electrons. The standard InChI is InChI=1S/C11H14BrFN2O2S/c12-10-6-9(3-4-11(10)13)18(16,17)15-5-1-2-8(15)7-14/h3-4,6,8H,1-2,5,7,14H2. The van der Waals surface area contributed by atoms with Crippen LogP contribution in [0.2, 0.25) is 0 Å². The zero-order chi connectivity index (χ0) is 13.3. The van der Waals surface area contributed by atoms with Crippen molar-refractivity contribution in [2.75, 3.05) is 13.1 Å². The third kappa shape index (κ3) is 2.45. The SMILES string of the molecule is NCC1CCCN1S(=O)(=O)c1ccc(F)c(Br)c1. The first-order valence-electron chi connectivity index (χ1n) is 5.64. The molecule has 1 aliphatic heterocycles. The molecule has 0 spiro atoms. The smallest absolute Gasteiger partial charge is 0.243 e. The quantitative estimate of drug-likeness (QED) is 0.913. The van der Waals surface area contributed by atoms with E-state index in [9.17, 15) is 12.8 Å². The van der Waals surface area contributed by atoms with Crippen LogP contribution in [-0.2, 0) is 10.0 Å². The van der Waals surface area contributed by atoms with Crippen LogP contribution in [0.5, 0.6) is 0 Å². The molecule has 1 aliphatic rings. The molecule has 2 N–H and O–H groups in total. The van der Waals surface area contributed by atoms with Gasteiger partial charge in [-0.3, -0.25) is 0 Å². The lowest BCUT2D eigenvalue weighted by Crippen LogP contribution is -2.39. The van der Waals surface area contributed by atoms with Crippen LogP contribution in [0, 0.1) is 5.82 Å². The lowest BCUT2D eigenvalue weighted by atomic mass is 10.2. The van der Waals surface area contributed by atoms with E-state index in [1.807, 2.05) is 0 Å². The molecule has 1 atom stereocenters. The number of hydrogen-bond donors (Lipinski definition) is 1. The summed E-state index contributed by atoms with van der Waals surface area (Å²) in [6, 6.07) is 3.56. The fourth-order valence-corrected chi connectivity index (χ4v) is 4.40. The Morgan fingerprint density at radius 1 is 1.50 bits per heavy atom. The molecule has 1 aromatic carbocycles. The van der Waals surface area contributed by atoms with Crippen molar-refractivity contribution in [3.05, 3.63) is 28.5 Å². The number of halogens is 2. The van der Waals surface area contributed by atoms with Gasteiger partial charge in [0.05, 0.1) is 9.37 Å². The number of nitrogens with zero attached hydrogens (tertiary/aromatic N) is 1. The molecule has 1 unspecified atom stereocenters. The van der Waals surface area contributed by atoms with Crippen LogP contribution in [0.1, 0.15) is 12.8 Å². The Morgan fingerprint density at radius 3 is 2.83 bits per heavy atom. The Balaban J connectivity index is 2.38. The third-order valence-electron chi connectivity index (χ3n) is 3.09.